The summed E-state index contributed by atoms with van der Waals surface area (Å²) in [6, 6.07) is 14.5. The van der Waals surface area contributed by atoms with Crippen molar-refractivity contribution in [2.45, 2.75) is 20.0 Å². The maximum Gasteiger partial charge on any atom is 0.416 e. The molecule has 0 saturated carbocycles. The largest absolute Gasteiger partial charge is 0.416 e. The molecule has 0 amide bonds. The van der Waals surface area contributed by atoms with E-state index in [1.807, 2.05) is 38.1 Å². The lowest BCUT2D eigenvalue weighted by atomic mass is 9.98. The number of pyridine rings is 1. The molecule has 0 spiro atoms. The molecule has 5 nitrogen and oxygen atoms in total. The van der Waals surface area contributed by atoms with Gasteiger partial charge in [-0.1, -0.05) is 35.5 Å². The highest BCUT2D eigenvalue weighted by Gasteiger charge is 2.31. The van der Waals surface area contributed by atoms with Gasteiger partial charge in [0.25, 0.3) is 11.7 Å². The van der Waals surface area contributed by atoms with E-state index in [0.717, 1.165) is 28.8 Å². The molecule has 0 aliphatic carbocycles. The number of hydrogen-bond acceptors (Lipinski definition) is 4. The number of benzene rings is 2. The maximum absolute atomic E-state index is 13.4. The zero-order chi connectivity index (χ0) is 23.6. The first kappa shape index (κ1) is 22.3. The molecule has 0 bridgehead atoms. The molecule has 0 aliphatic rings. The Bertz CT molecular complexity index is 1330. The first-order valence-electron chi connectivity index (χ1n) is 10.3. The zero-order valence-electron chi connectivity index (χ0n) is 18.3. The van der Waals surface area contributed by atoms with Gasteiger partial charge in [-0.2, -0.15) is 18.2 Å². The molecule has 4 aromatic rings. The van der Waals surface area contributed by atoms with Gasteiger partial charge in [-0.25, -0.2) is 4.98 Å². The highest BCUT2D eigenvalue weighted by Crippen LogP contribution is 2.34. The van der Waals surface area contributed by atoms with Crippen LogP contribution in [0.25, 0.3) is 23.0 Å². The van der Waals surface area contributed by atoms with E-state index in [1.165, 1.54) is 6.07 Å². The van der Waals surface area contributed by atoms with E-state index in [4.69, 9.17) is 4.52 Å². The monoisotopic (exact) mass is 451 g/mol. The fraction of sp³-hybridized carbons (Fsp3) is 0.160. The summed E-state index contributed by atoms with van der Waals surface area (Å²) in [5.74, 6) is 1.11. The van der Waals surface area contributed by atoms with Crippen molar-refractivity contribution in [1.29, 1.82) is 0 Å². The molecule has 0 radical (unpaired) electrons. The molecule has 4 rings (SSSR count). The second-order valence-corrected chi connectivity index (χ2v) is 7.61. The normalized spacial score (nSPS) is 12.1. The van der Waals surface area contributed by atoms with Crippen molar-refractivity contribution >= 4 is 17.5 Å². The number of aromatic amines is 1. The van der Waals surface area contributed by atoms with E-state index in [1.54, 1.807) is 31.5 Å². The van der Waals surface area contributed by atoms with E-state index >= 15 is 0 Å². The van der Waals surface area contributed by atoms with Crippen LogP contribution in [-0.2, 0) is 6.18 Å². The summed E-state index contributed by atoms with van der Waals surface area (Å²) in [4.78, 5) is 7.56. The van der Waals surface area contributed by atoms with Crippen LogP contribution in [0.2, 0.25) is 0 Å². The molecule has 2 heterocycles. The molecule has 0 saturated heterocycles. The highest BCUT2D eigenvalue weighted by molar-refractivity contribution is 5.89. The van der Waals surface area contributed by atoms with E-state index in [2.05, 4.69) is 20.4 Å². The Hall–Kier alpha value is -3.94. The topological polar surface area (TPSA) is 65.1 Å². The van der Waals surface area contributed by atoms with E-state index in [0.29, 0.717) is 28.3 Å². The van der Waals surface area contributed by atoms with Crippen molar-refractivity contribution in [2.24, 2.45) is 0 Å². The summed E-state index contributed by atoms with van der Waals surface area (Å²) >= 11 is 0. The molecule has 0 unspecified atom stereocenters. The Labute approximate surface area is 189 Å². The van der Waals surface area contributed by atoms with Crippen LogP contribution in [0.5, 0.6) is 0 Å². The Morgan fingerprint density at radius 1 is 1.03 bits per heavy atom. The third-order valence-corrected chi connectivity index (χ3v) is 5.35. The molecule has 0 aliphatic heterocycles. The second kappa shape index (κ2) is 8.90. The van der Waals surface area contributed by atoms with Crippen molar-refractivity contribution in [3.63, 3.8) is 0 Å². The number of halogens is 3. The van der Waals surface area contributed by atoms with Gasteiger partial charge in [0.15, 0.2) is 0 Å². The Kier molecular flexibility index (Phi) is 6.00. The molecule has 168 valence electrons. The number of aromatic nitrogens is 3. The first-order valence-corrected chi connectivity index (χ1v) is 10.3. The summed E-state index contributed by atoms with van der Waals surface area (Å²) in [7, 11) is 1.75. The minimum absolute atomic E-state index is 0.119. The minimum Gasteiger partial charge on any atom is -0.334 e. The Balaban J connectivity index is 1.86. The number of anilines is 1. The smallest absolute Gasteiger partial charge is 0.334 e. The molecular weight excluding hydrogens is 429 g/mol. The average molecular weight is 451 g/mol. The standard InChI is InChI=1S/C25H21F3N4O/c1-15-9-10-17(12-16(15)2)13-21(18-6-4-7-19(14-18)25(26,27)28)24-31-23(32-33-24)20-8-5-11-30-22(20)29-3/h4-14H,1-3H3,(H,29,30)/p+1/b21-13+. The van der Waals surface area contributed by atoms with Crippen molar-refractivity contribution in [2.75, 3.05) is 12.4 Å². The lowest BCUT2D eigenvalue weighted by molar-refractivity contribution is -0.360. The van der Waals surface area contributed by atoms with Crippen LogP contribution in [0.15, 0.2) is 65.3 Å². The number of hydrogen-bond donors (Lipinski definition) is 1. The van der Waals surface area contributed by atoms with Gasteiger partial charge in [-0.05, 0) is 66.4 Å². The third kappa shape index (κ3) is 4.79. The van der Waals surface area contributed by atoms with Gasteiger partial charge < -0.3 is 4.52 Å². The van der Waals surface area contributed by atoms with Crippen LogP contribution in [0.3, 0.4) is 0 Å². The summed E-state index contributed by atoms with van der Waals surface area (Å²) in [6.07, 6.45) is -0.956. The molecule has 2 aromatic carbocycles. The minimum atomic E-state index is -4.47. The fourth-order valence-electron chi connectivity index (χ4n) is 3.42. The average Bonchev–Trinajstić information content (AvgIpc) is 3.29. The van der Waals surface area contributed by atoms with Crippen LogP contribution in [-0.4, -0.2) is 17.2 Å². The van der Waals surface area contributed by atoms with Crippen LogP contribution in [0.4, 0.5) is 19.0 Å². The van der Waals surface area contributed by atoms with Crippen molar-refractivity contribution < 1.29 is 22.7 Å². The summed E-state index contributed by atoms with van der Waals surface area (Å²) in [5, 5.41) is 7.10. The molecule has 2 aromatic heterocycles. The number of rotatable bonds is 5. The summed E-state index contributed by atoms with van der Waals surface area (Å²) < 4.78 is 45.7. The lowest BCUT2D eigenvalue weighted by Crippen LogP contribution is -2.10. The molecule has 33 heavy (non-hydrogen) atoms. The van der Waals surface area contributed by atoms with Crippen LogP contribution in [0.1, 0.15) is 33.7 Å². The van der Waals surface area contributed by atoms with E-state index in [-0.39, 0.29) is 5.89 Å². The second-order valence-electron chi connectivity index (χ2n) is 7.61. The quantitative estimate of drug-likeness (QED) is 0.389. The van der Waals surface area contributed by atoms with Crippen molar-refractivity contribution in [3.05, 3.63) is 94.5 Å². The van der Waals surface area contributed by atoms with E-state index in [9.17, 15) is 13.2 Å². The van der Waals surface area contributed by atoms with Gasteiger partial charge in [-0.3, -0.25) is 5.32 Å². The third-order valence-electron chi connectivity index (χ3n) is 5.35. The zero-order valence-corrected chi connectivity index (χ0v) is 18.3. The number of aryl methyl sites for hydroxylation is 2. The maximum atomic E-state index is 13.4. The van der Waals surface area contributed by atoms with Crippen LogP contribution >= 0.6 is 0 Å². The Morgan fingerprint density at radius 2 is 1.85 bits per heavy atom. The van der Waals surface area contributed by atoms with Crippen LogP contribution in [0, 0.1) is 13.8 Å². The van der Waals surface area contributed by atoms with Gasteiger partial charge in [0, 0.05) is 5.57 Å². The van der Waals surface area contributed by atoms with Crippen molar-refractivity contribution in [1.82, 2.24) is 10.1 Å². The number of H-pyrrole nitrogens is 1. The molecule has 0 atom stereocenters. The number of nitrogens with one attached hydrogen (secondary N) is 2. The molecule has 2 N–H and O–H groups in total. The molecular formula is C25H22F3N4O+. The first-order chi connectivity index (χ1) is 15.8. The SMILES string of the molecule is CNc1[nH+]cccc1-c1noc(/C(=C/c2ccc(C)c(C)c2)c2cccc(C(F)(F)F)c2)n1. The number of alkyl halides is 3. The van der Waals surface area contributed by atoms with Gasteiger partial charge >= 0.3 is 6.18 Å². The lowest BCUT2D eigenvalue weighted by Gasteiger charge is -2.10. The van der Waals surface area contributed by atoms with Gasteiger partial charge in [0.05, 0.1) is 18.8 Å². The highest BCUT2D eigenvalue weighted by atomic mass is 19.4. The summed E-state index contributed by atoms with van der Waals surface area (Å²) in [5.41, 5.74) is 3.64. The summed E-state index contributed by atoms with van der Waals surface area (Å²) in [6.45, 7) is 3.98. The van der Waals surface area contributed by atoms with Gasteiger partial charge in [-0.15, -0.1) is 0 Å². The Morgan fingerprint density at radius 3 is 2.58 bits per heavy atom. The van der Waals surface area contributed by atoms with Gasteiger partial charge in [0.2, 0.25) is 5.82 Å². The van der Waals surface area contributed by atoms with Gasteiger partial charge in [0.1, 0.15) is 5.56 Å². The fourth-order valence-corrected chi connectivity index (χ4v) is 3.42. The molecule has 8 heteroatoms. The van der Waals surface area contributed by atoms with E-state index < -0.39 is 11.7 Å². The number of nitrogens with zero attached hydrogens (tertiary/aromatic N) is 2. The predicted molar refractivity (Wildman–Crippen MR) is 120 cm³/mol. The van der Waals surface area contributed by atoms with Crippen LogP contribution < -0.4 is 10.3 Å². The molecule has 0 fully saturated rings. The van der Waals surface area contributed by atoms with Crippen molar-refractivity contribution in [3.8, 4) is 11.4 Å². The predicted octanol–water partition coefficient (Wildman–Crippen LogP) is 5.82.